The molecule has 27 heavy (non-hydrogen) atoms. The van der Waals surface area contributed by atoms with Crippen LogP contribution in [0.2, 0.25) is 0 Å². The fraction of sp³-hybridized carbons (Fsp3) is 0.409. The van der Waals surface area contributed by atoms with Crippen molar-refractivity contribution in [3.63, 3.8) is 0 Å². The van der Waals surface area contributed by atoms with Crippen LogP contribution in [0.25, 0.3) is 0 Å². The smallest absolute Gasteiger partial charge is 0.312 e. The highest BCUT2D eigenvalue weighted by molar-refractivity contribution is 5.78. The summed E-state index contributed by atoms with van der Waals surface area (Å²) in [6, 6.07) is 13.4. The van der Waals surface area contributed by atoms with Gasteiger partial charge in [-0.15, -0.1) is 0 Å². The summed E-state index contributed by atoms with van der Waals surface area (Å²) in [5, 5.41) is 0. The molecule has 4 nitrogen and oxygen atoms in total. The number of carbonyl (C=O) groups is 1. The number of rotatable bonds is 8. The van der Waals surface area contributed by atoms with Gasteiger partial charge in [0.1, 0.15) is 12.4 Å². The van der Waals surface area contributed by atoms with Crippen molar-refractivity contribution in [2.75, 3.05) is 6.61 Å². The summed E-state index contributed by atoms with van der Waals surface area (Å²) in [4.78, 5) is 12.4. The van der Waals surface area contributed by atoms with Gasteiger partial charge in [0.05, 0.1) is 12.0 Å². The molecule has 1 aliphatic carbocycles. The molecule has 0 aliphatic heterocycles. The molecule has 2 atom stereocenters. The molecule has 144 valence electrons. The number of carbonyl (C=O) groups excluding carboxylic acids is 1. The normalized spacial score (nSPS) is 20.1. The van der Waals surface area contributed by atoms with Gasteiger partial charge in [0.2, 0.25) is 0 Å². The van der Waals surface area contributed by atoms with Gasteiger partial charge in [0, 0.05) is 12.0 Å². The van der Waals surface area contributed by atoms with E-state index in [9.17, 15) is 9.18 Å². The molecule has 0 heterocycles. The van der Waals surface area contributed by atoms with Crippen LogP contribution in [-0.4, -0.2) is 18.7 Å². The van der Waals surface area contributed by atoms with E-state index in [1.165, 1.54) is 6.07 Å². The first-order valence-electron chi connectivity index (χ1n) is 9.23. The Morgan fingerprint density at radius 1 is 1.15 bits per heavy atom. The lowest BCUT2D eigenvalue weighted by atomic mass is 10.1. The molecule has 0 radical (unpaired) electrons. The second-order valence-electron chi connectivity index (χ2n) is 7.38. The summed E-state index contributed by atoms with van der Waals surface area (Å²) < 4.78 is 30.8. The third-order valence-corrected chi connectivity index (χ3v) is 4.83. The molecule has 5 heteroatoms. The van der Waals surface area contributed by atoms with Gasteiger partial charge < -0.3 is 14.2 Å². The number of para-hydroxylation sites is 1. The van der Waals surface area contributed by atoms with Gasteiger partial charge in [0.15, 0.2) is 11.6 Å². The zero-order valence-corrected chi connectivity index (χ0v) is 15.9. The largest absolute Gasteiger partial charge is 0.461 e. The molecule has 2 aromatic carbocycles. The molecule has 0 aromatic heterocycles. The quantitative estimate of drug-likeness (QED) is 0.604. The topological polar surface area (TPSA) is 44.8 Å². The molecule has 2 unspecified atom stereocenters. The van der Waals surface area contributed by atoms with Crippen molar-refractivity contribution in [2.45, 2.75) is 39.9 Å². The minimum absolute atomic E-state index is 0.0668. The molecule has 1 aliphatic rings. The van der Waals surface area contributed by atoms with Crippen molar-refractivity contribution in [2.24, 2.45) is 11.3 Å². The maximum Gasteiger partial charge on any atom is 0.312 e. The van der Waals surface area contributed by atoms with Crippen molar-refractivity contribution in [3.8, 4) is 11.5 Å². The molecule has 3 rings (SSSR count). The zero-order valence-electron chi connectivity index (χ0n) is 15.9. The van der Waals surface area contributed by atoms with E-state index < -0.39 is 5.82 Å². The Morgan fingerprint density at radius 2 is 1.89 bits per heavy atom. The third-order valence-electron chi connectivity index (χ3n) is 4.83. The summed E-state index contributed by atoms with van der Waals surface area (Å²) >= 11 is 0. The second kappa shape index (κ2) is 8.09. The van der Waals surface area contributed by atoms with Crippen molar-refractivity contribution in [3.05, 3.63) is 59.9 Å². The van der Waals surface area contributed by atoms with Crippen molar-refractivity contribution >= 4 is 5.97 Å². The number of hydrogen-bond donors (Lipinski definition) is 0. The minimum atomic E-state index is -0.467. The van der Waals surface area contributed by atoms with Crippen LogP contribution < -0.4 is 4.74 Å². The molecule has 0 N–H and O–H groups in total. The standard InChI is InChI=1S/C22H25FO4/c1-4-12-25-20-19(22(20,2)3)21(24)26-14-15-10-11-17(23)18(13-15)27-16-8-6-5-7-9-16/h5-11,13,19-20H,4,12,14H2,1-3H3. The highest BCUT2D eigenvalue weighted by Crippen LogP contribution is 2.54. The third kappa shape index (κ3) is 4.48. The Balaban J connectivity index is 1.60. The Labute approximate surface area is 159 Å². The summed E-state index contributed by atoms with van der Waals surface area (Å²) in [6.07, 6.45) is 0.809. The Hall–Kier alpha value is -2.40. The molecule has 1 saturated carbocycles. The van der Waals surface area contributed by atoms with Crippen molar-refractivity contribution in [1.29, 1.82) is 0 Å². The molecule has 1 fully saturated rings. The summed E-state index contributed by atoms with van der Waals surface area (Å²) in [5.41, 5.74) is 0.455. The number of esters is 1. The van der Waals surface area contributed by atoms with E-state index in [1.54, 1.807) is 24.3 Å². The number of ether oxygens (including phenoxy) is 3. The fourth-order valence-corrected chi connectivity index (χ4v) is 3.15. The predicted molar refractivity (Wildman–Crippen MR) is 100 cm³/mol. The second-order valence-corrected chi connectivity index (χ2v) is 7.38. The Morgan fingerprint density at radius 3 is 2.59 bits per heavy atom. The van der Waals surface area contributed by atoms with Gasteiger partial charge >= 0.3 is 5.97 Å². The summed E-state index contributed by atoms with van der Waals surface area (Å²) in [5.74, 6) is -0.363. The van der Waals surface area contributed by atoms with E-state index in [1.807, 2.05) is 39.0 Å². The van der Waals surface area contributed by atoms with Crippen molar-refractivity contribution in [1.82, 2.24) is 0 Å². The lowest BCUT2D eigenvalue weighted by Gasteiger charge is -2.10. The molecule has 2 aromatic rings. The van der Waals surface area contributed by atoms with E-state index in [-0.39, 0.29) is 35.8 Å². The average Bonchev–Trinajstić information content (AvgIpc) is 3.21. The molecular formula is C22H25FO4. The molecular weight excluding hydrogens is 347 g/mol. The van der Waals surface area contributed by atoms with E-state index in [2.05, 4.69) is 0 Å². The van der Waals surface area contributed by atoms with Gasteiger partial charge in [-0.25, -0.2) is 4.39 Å². The van der Waals surface area contributed by atoms with Crippen molar-refractivity contribution < 1.29 is 23.4 Å². The van der Waals surface area contributed by atoms with Crippen LogP contribution in [0.5, 0.6) is 11.5 Å². The van der Waals surface area contributed by atoms with E-state index in [0.717, 1.165) is 6.42 Å². The van der Waals surface area contributed by atoms with Crippen LogP contribution >= 0.6 is 0 Å². The first kappa shape index (κ1) is 19.4. The highest BCUT2D eigenvalue weighted by atomic mass is 19.1. The lowest BCUT2D eigenvalue weighted by molar-refractivity contribution is -0.148. The van der Waals surface area contributed by atoms with E-state index >= 15 is 0 Å². The zero-order chi connectivity index (χ0) is 19.4. The lowest BCUT2D eigenvalue weighted by Crippen LogP contribution is -2.12. The number of hydrogen-bond acceptors (Lipinski definition) is 4. The highest BCUT2D eigenvalue weighted by Gasteiger charge is 2.64. The van der Waals surface area contributed by atoms with Gasteiger partial charge in [-0.05, 0) is 36.2 Å². The molecule has 0 amide bonds. The van der Waals surface area contributed by atoms with E-state index in [0.29, 0.717) is 17.9 Å². The number of benzene rings is 2. The summed E-state index contributed by atoms with van der Waals surface area (Å²) in [6.45, 7) is 6.74. The van der Waals surface area contributed by atoms with Crippen LogP contribution in [0.15, 0.2) is 48.5 Å². The summed E-state index contributed by atoms with van der Waals surface area (Å²) in [7, 11) is 0. The maximum atomic E-state index is 14.0. The Bertz CT molecular complexity index is 788. The molecule has 0 spiro atoms. The van der Waals surface area contributed by atoms with Crippen LogP contribution in [-0.2, 0) is 20.9 Å². The minimum Gasteiger partial charge on any atom is -0.461 e. The molecule has 0 bridgehead atoms. The van der Waals surface area contributed by atoms with Crippen LogP contribution in [0.1, 0.15) is 32.8 Å². The first-order chi connectivity index (χ1) is 12.9. The fourth-order valence-electron chi connectivity index (χ4n) is 3.15. The van der Waals surface area contributed by atoms with E-state index in [4.69, 9.17) is 14.2 Å². The van der Waals surface area contributed by atoms with Gasteiger partial charge in [-0.3, -0.25) is 4.79 Å². The Kier molecular flexibility index (Phi) is 5.80. The van der Waals surface area contributed by atoms with Crippen LogP contribution in [0, 0.1) is 17.2 Å². The number of halogens is 1. The average molecular weight is 372 g/mol. The first-order valence-corrected chi connectivity index (χ1v) is 9.23. The monoisotopic (exact) mass is 372 g/mol. The van der Waals surface area contributed by atoms with Crippen LogP contribution in [0.3, 0.4) is 0 Å². The van der Waals surface area contributed by atoms with Gasteiger partial charge in [-0.1, -0.05) is 45.0 Å². The van der Waals surface area contributed by atoms with Gasteiger partial charge in [0.25, 0.3) is 0 Å². The SMILES string of the molecule is CCCOC1C(C(=O)OCc2ccc(F)c(Oc3ccccc3)c2)C1(C)C. The van der Waals surface area contributed by atoms with Gasteiger partial charge in [-0.2, -0.15) is 0 Å². The molecule has 0 saturated heterocycles. The maximum absolute atomic E-state index is 14.0. The predicted octanol–water partition coefficient (Wildman–Crippen LogP) is 5.11. The van der Waals surface area contributed by atoms with Crippen LogP contribution in [0.4, 0.5) is 4.39 Å².